The molecule has 0 radical (unpaired) electrons. The number of methoxy groups -OCH3 is 1. The number of alkyl carbamates (subject to hydrolysis) is 1. The molecule has 1 heterocycles. The number of rotatable bonds is 5. The molecule has 1 aliphatic rings. The zero-order valence-corrected chi connectivity index (χ0v) is 12.6. The van der Waals surface area contributed by atoms with Gasteiger partial charge in [0.15, 0.2) is 0 Å². The van der Waals surface area contributed by atoms with Crippen LogP contribution in [0.1, 0.15) is 18.4 Å². The number of hydrogen-bond donors (Lipinski definition) is 1. The van der Waals surface area contributed by atoms with Crippen LogP contribution in [-0.2, 0) is 25.6 Å². The van der Waals surface area contributed by atoms with Gasteiger partial charge in [0.05, 0.1) is 7.11 Å². The van der Waals surface area contributed by atoms with Crippen LogP contribution in [-0.4, -0.2) is 38.4 Å². The maximum atomic E-state index is 11.9. The first-order chi connectivity index (χ1) is 10.7. The Morgan fingerprint density at radius 2 is 1.95 bits per heavy atom. The number of hydrogen-bond acceptors (Lipinski definition) is 5. The van der Waals surface area contributed by atoms with Gasteiger partial charge in [-0.1, -0.05) is 30.3 Å². The Hall–Kier alpha value is -2.08. The molecule has 1 aromatic carbocycles. The van der Waals surface area contributed by atoms with Crippen LogP contribution in [0.15, 0.2) is 30.3 Å². The fourth-order valence-corrected chi connectivity index (χ4v) is 2.44. The fraction of sp³-hybridized carbons (Fsp3) is 0.500. The summed E-state index contributed by atoms with van der Waals surface area (Å²) in [6.45, 7) is 1.33. The van der Waals surface area contributed by atoms with Gasteiger partial charge in [-0.05, 0) is 24.3 Å². The highest BCUT2D eigenvalue weighted by Gasteiger charge is 2.32. The summed E-state index contributed by atoms with van der Waals surface area (Å²) in [6, 6.07) is 8.66. The van der Waals surface area contributed by atoms with Gasteiger partial charge in [-0.3, -0.25) is 0 Å². The monoisotopic (exact) mass is 307 g/mol. The van der Waals surface area contributed by atoms with E-state index in [0.717, 1.165) is 5.56 Å². The Morgan fingerprint density at radius 3 is 2.59 bits per heavy atom. The molecule has 0 spiro atoms. The average molecular weight is 307 g/mol. The largest absolute Gasteiger partial charge is 0.467 e. The smallest absolute Gasteiger partial charge is 0.408 e. The summed E-state index contributed by atoms with van der Waals surface area (Å²) < 4.78 is 15.2. The van der Waals surface area contributed by atoms with E-state index in [-0.39, 0.29) is 12.5 Å². The van der Waals surface area contributed by atoms with Gasteiger partial charge in [0.25, 0.3) is 0 Å². The second-order valence-electron chi connectivity index (χ2n) is 5.16. The number of benzene rings is 1. The van der Waals surface area contributed by atoms with Crippen molar-refractivity contribution in [3.8, 4) is 0 Å². The normalized spacial score (nSPS) is 16.6. The summed E-state index contributed by atoms with van der Waals surface area (Å²) in [5.41, 5.74) is 0.887. The van der Waals surface area contributed by atoms with Crippen LogP contribution in [0.3, 0.4) is 0 Å². The standard InChI is InChI=1S/C16H21NO5/c1-20-15(18)14(13-7-9-21-10-8-13)17-16(19)22-11-12-5-3-2-4-6-12/h2-6,13-14H,7-11H2,1H3,(H,17,19)/t14-/m0/s1. The summed E-state index contributed by atoms with van der Waals surface area (Å²) in [7, 11) is 1.31. The average Bonchev–Trinajstić information content (AvgIpc) is 2.59. The predicted molar refractivity (Wildman–Crippen MR) is 79.1 cm³/mol. The van der Waals surface area contributed by atoms with Crippen molar-refractivity contribution in [3.63, 3.8) is 0 Å². The highest BCUT2D eigenvalue weighted by Crippen LogP contribution is 2.20. The van der Waals surface area contributed by atoms with Crippen LogP contribution in [0.5, 0.6) is 0 Å². The van der Waals surface area contributed by atoms with Gasteiger partial charge in [-0.2, -0.15) is 0 Å². The van der Waals surface area contributed by atoms with Gasteiger partial charge < -0.3 is 19.5 Å². The molecule has 0 unspecified atom stereocenters. The lowest BCUT2D eigenvalue weighted by Crippen LogP contribution is -2.48. The number of esters is 1. The summed E-state index contributed by atoms with van der Waals surface area (Å²) in [4.78, 5) is 23.8. The first kappa shape index (κ1) is 16.3. The Bertz CT molecular complexity index is 485. The Morgan fingerprint density at radius 1 is 1.27 bits per heavy atom. The Balaban J connectivity index is 1.88. The minimum absolute atomic E-state index is 0.00507. The van der Waals surface area contributed by atoms with E-state index >= 15 is 0 Å². The molecule has 120 valence electrons. The van der Waals surface area contributed by atoms with E-state index in [1.54, 1.807) is 0 Å². The molecule has 0 aliphatic carbocycles. The molecule has 6 heteroatoms. The number of amides is 1. The van der Waals surface area contributed by atoms with E-state index in [1.807, 2.05) is 30.3 Å². The maximum Gasteiger partial charge on any atom is 0.408 e. The molecule has 1 saturated heterocycles. The first-order valence-corrected chi connectivity index (χ1v) is 7.33. The lowest BCUT2D eigenvalue weighted by atomic mass is 9.92. The van der Waals surface area contributed by atoms with E-state index < -0.39 is 18.1 Å². The van der Waals surface area contributed by atoms with Crippen molar-refractivity contribution < 1.29 is 23.8 Å². The number of carbonyl (C=O) groups is 2. The van der Waals surface area contributed by atoms with Gasteiger partial charge in [0.1, 0.15) is 12.6 Å². The summed E-state index contributed by atoms with van der Waals surface area (Å²) in [6.07, 6.45) is 0.794. The number of nitrogens with one attached hydrogen (secondary N) is 1. The lowest BCUT2D eigenvalue weighted by molar-refractivity contribution is -0.145. The van der Waals surface area contributed by atoms with Crippen molar-refractivity contribution in [2.24, 2.45) is 5.92 Å². The van der Waals surface area contributed by atoms with Crippen LogP contribution in [0.2, 0.25) is 0 Å². The van der Waals surface area contributed by atoms with Crippen molar-refractivity contribution >= 4 is 12.1 Å². The van der Waals surface area contributed by atoms with Crippen molar-refractivity contribution in [1.82, 2.24) is 5.32 Å². The first-order valence-electron chi connectivity index (χ1n) is 7.33. The molecule has 1 N–H and O–H groups in total. The summed E-state index contributed by atoms with van der Waals surface area (Å²) in [5.74, 6) is -0.450. The number of carbonyl (C=O) groups excluding carboxylic acids is 2. The Labute approximate surface area is 129 Å². The van der Waals surface area contributed by atoms with Crippen LogP contribution in [0.25, 0.3) is 0 Å². The summed E-state index contributed by atoms with van der Waals surface area (Å²) in [5, 5.41) is 2.62. The van der Waals surface area contributed by atoms with E-state index in [1.165, 1.54) is 7.11 Å². The Kier molecular flexibility index (Phi) is 6.21. The minimum Gasteiger partial charge on any atom is -0.467 e. The highest BCUT2D eigenvalue weighted by molar-refractivity contribution is 5.81. The second kappa shape index (κ2) is 8.38. The van der Waals surface area contributed by atoms with Crippen molar-refractivity contribution in [3.05, 3.63) is 35.9 Å². The molecule has 2 rings (SSSR count). The molecule has 0 saturated carbocycles. The van der Waals surface area contributed by atoms with Gasteiger partial charge in [-0.15, -0.1) is 0 Å². The molecular weight excluding hydrogens is 286 g/mol. The molecular formula is C16H21NO5. The third kappa shape index (κ3) is 4.73. The SMILES string of the molecule is COC(=O)[C@@H](NC(=O)OCc1ccccc1)C1CCOCC1. The fourth-order valence-electron chi connectivity index (χ4n) is 2.44. The van der Waals surface area contributed by atoms with Crippen molar-refractivity contribution in [2.75, 3.05) is 20.3 Å². The quantitative estimate of drug-likeness (QED) is 0.841. The molecule has 1 atom stereocenters. The molecule has 1 aromatic rings. The van der Waals surface area contributed by atoms with Gasteiger partial charge >= 0.3 is 12.1 Å². The minimum atomic E-state index is -0.697. The van der Waals surface area contributed by atoms with Crippen LogP contribution >= 0.6 is 0 Å². The molecule has 1 aliphatic heterocycles. The third-order valence-corrected chi connectivity index (χ3v) is 3.68. The maximum absolute atomic E-state index is 11.9. The molecule has 6 nitrogen and oxygen atoms in total. The predicted octanol–water partition coefficient (Wildman–Crippen LogP) is 1.88. The molecule has 22 heavy (non-hydrogen) atoms. The van der Waals surface area contributed by atoms with Crippen LogP contribution in [0.4, 0.5) is 4.79 Å². The molecule has 1 amide bonds. The lowest BCUT2D eigenvalue weighted by Gasteiger charge is -2.28. The van der Waals surface area contributed by atoms with Gasteiger partial charge in [-0.25, -0.2) is 9.59 Å². The molecule has 0 bridgehead atoms. The van der Waals surface area contributed by atoms with E-state index in [9.17, 15) is 9.59 Å². The van der Waals surface area contributed by atoms with E-state index in [0.29, 0.717) is 26.1 Å². The van der Waals surface area contributed by atoms with Crippen molar-refractivity contribution in [2.45, 2.75) is 25.5 Å². The van der Waals surface area contributed by atoms with E-state index in [2.05, 4.69) is 5.32 Å². The highest BCUT2D eigenvalue weighted by atomic mass is 16.6. The van der Waals surface area contributed by atoms with Gasteiger partial charge in [0, 0.05) is 13.2 Å². The van der Waals surface area contributed by atoms with Gasteiger partial charge in [0.2, 0.25) is 0 Å². The van der Waals surface area contributed by atoms with Crippen molar-refractivity contribution in [1.29, 1.82) is 0 Å². The number of ether oxygens (including phenoxy) is 3. The topological polar surface area (TPSA) is 73.9 Å². The second-order valence-corrected chi connectivity index (χ2v) is 5.16. The summed E-state index contributed by atoms with van der Waals surface area (Å²) >= 11 is 0. The van der Waals surface area contributed by atoms with Crippen LogP contribution < -0.4 is 5.32 Å². The third-order valence-electron chi connectivity index (χ3n) is 3.68. The molecule has 0 aromatic heterocycles. The zero-order chi connectivity index (χ0) is 15.8. The van der Waals surface area contributed by atoms with Crippen LogP contribution in [0, 0.1) is 5.92 Å². The zero-order valence-electron chi connectivity index (χ0n) is 12.6. The van der Waals surface area contributed by atoms with E-state index in [4.69, 9.17) is 14.2 Å². The molecule has 1 fully saturated rings.